The van der Waals surface area contributed by atoms with Crippen molar-refractivity contribution in [3.05, 3.63) is 66.0 Å². The topological polar surface area (TPSA) is 105 Å². The Labute approximate surface area is 234 Å². The minimum Gasteiger partial charge on any atom is -0.484 e. The van der Waals surface area contributed by atoms with Crippen LogP contribution >= 0.6 is 0 Å². The van der Waals surface area contributed by atoms with E-state index in [1.165, 1.54) is 6.08 Å². The molecule has 1 aliphatic carbocycles. The van der Waals surface area contributed by atoms with Crippen LogP contribution in [0.3, 0.4) is 0 Å². The summed E-state index contributed by atoms with van der Waals surface area (Å²) in [5, 5.41) is 3.01. The second-order valence-corrected chi connectivity index (χ2v) is 11.7. The zero-order chi connectivity index (χ0) is 27.9. The summed E-state index contributed by atoms with van der Waals surface area (Å²) in [4.78, 5) is 41.4. The van der Waals surface area contributed by atoms with Crippen LogP contribution in [0.2, 0.25) is 0 Å². The lowest BCUT2D eigenvalue weighted by Gasteiger charge is -2.60. The number of rotatable bonds is 7. The molecule has 7 rings (SSSR count). The Kier molecular flexibility index (Phi) is 7.25. The molecule has 1 amide bonds. The van der Waals surface area contributed by atoms with Gasteiger partial charge in [0.25, 0.3) is 5.91 Å². The lowest BCUT2D eigenvalue weighted by atomic mass is 9.58. The smallest absolute Gasteiger partial charge is 0.259 e. The van der Waals surface area contributed by atoms with Crippen LogP contribution in [-0.4, -0.2) is 47.2 Å². The summed E-state index contributed by atoms with van der Waals surface area (Å²) < 4.78 is 18.5. The maximum Gasteiger partial charge on any atom is 0.259 e. The number of benzene rings is 1. The van der Waals surface area contributed by atoms with Gasteiger partial charge in [0.15, 0.2) is 24.3 Å². The summed E-state index contributed by atoms with van der Waals surface area (Å²) in [6, 6.07) is 10.4. The molecule has 1 saturated carbocycles. The summed E-state index contributed by atoms with van der Waals surface area (Å²) in [5.41, 5.74) is 0.698. The van der Waals surface area contributed by atoms with Gasteiger partial charge in [-0.2, -0.15) is 0 Å². The maximum absolute atomic E-state index is 12.9. The van der Waals surface area contributed by atoms with Gasteiger partial charge in [0.1, 0.15) is 12.0 Å². The van der Waals surface area contributed by atoms with E-state index in [-0.39, 0.29) is 36.1 Å². The van der Waals surface area contributed by atoms with Crippen LogP contribution < -0.4 is 10.1 Å². The molecule has 8 atom stereocenters. The largest absolute Gasteiger partial charge is 0.484 e. The first-order valence-corrected chi connectivity index (χ1v) is 14.1. The Hall–Kier alpha value is -3.11. The van der Waals surface area contributed by atoms with E-state index in [2.05, 4.69) is 24.1 Å². The Morgan fingerprint density at radius 3 is 2.70 bits per heavy atom. The number of ether oxygens (including phenoxy) is 3. The fourth-order valence-corrected chi connectivity index (χ4v) is 6.88. The zero-order valence-corrected chi connectivity index (χ0v) is 23.1. The molecule has 4 aliphatic heterocycles. The average molecular weight is 549 g/mol. The van der Waals surface area contributed by atoms with Gasteiger partial charge in [-0.3, -0.25) is 14.6 Å². The molecule has 2 bridgehead atoms. The van der Waals surface area contributed by atoms with Crippen molar-refractivity contribution in [1.29, 1.82) is 0 Å². The summed E-state index contributed by atoms with van der Waals surface area (Å²) in [7, 11) is 0. The second-order valence-electron chi connectivity index (χ2n) is 11.7. The van der Waals surface area contributed by atoms with E-state index in [0.29, 0.717) is 17.2 Å². The van der Waals surface area contributed by atoms with Crippen molar-refractivity contribution in [1.82, 2.24) is 10.3 Å². The van der Waals surface area contributed by atoms with Gasteiger partial charge < -0.3 is 19.5 Å². The Morgan fingerprint density at radius 1 is 1.10 bits per heavy atom. The van der Waals surface area contributed by atoms with Crippen LogP contribution in [0, 0.1) is 23.7 Å². The highest BCUT2D eigenvalue weighted by molar-refractivity contribution is 6.06. The van der Waals surface area contributed by atoms with E-state index in [4.69, 9.17) is 24.0 Å². The van der Waals surface area contributed by atoms with Gasteiger partial charge in [-0.1, -0.05) is 19.9 Å². The van der Waals surface area contributed by atoms with Gasteiger partial charge in [0, 0.05) is 36.2 Å². The fraction of sp³-hybridized carbons (Fsp3) is 0.516. The van der Waals surface area contributed by atoms with Crippen LogP contribution in [-0.2, 0) is 24.0 Å². The van der Waals surface area contributed by atoms with E-state index < -0.39 is 23.9 Å². The van der Waals surface area contributed by atoms with Crippen molar-refractivity contribution in [3.8, 4) is 5.75 Å². The molecule has 9 heteroatoms. The molecule has 9 nitrogen and oxygen atoms in total. The van der Waals surface area contributed by atoms with Crippen molar-refractivity contribution >= 4 is 17.8 Å². The summed E-state index contributed by atoms with van der Waals surface area (Å²) in [6.07, 6.45) is 9.17. The van der Waals surface area contributed by atoms with Crippen LogP contribution in [0.1, 0.15) is 62.4 Å². The third kappa shape index (κ3) is 4.96. The molecule has 2 aromatic rings. The first kappa shape index (κ1) is 27.1. The van der Waals surface area contributed by atoms with Crippen LogP contribution in [0.4, 0.5) is 0 Å². The monoisotopic (exact) mass is 548 g/mol. The quantitative estimate of drug-likeness (QED) is 0.302. The molecule has 1 aromatic carbocycles. The van der Waals surface area contributed by atoms with E-state index in [0.717, 1.165) is 31.2 Å². The zero-order valence-electron chi connectivity index (χ0n) is 23.1. The van der Waals surface area contributed by atoms with E-state index >= 15 is 0 Å². The molecule has 5 fully saturated rings. The highest BCUT2D eigenvalue weighted by Gasteiger charge is 2.69. The van der Waals surface area contributed by atoms with Gasteiger partial charge >= 0.3 is 0 Å². The molecule has 212 valence electrons. The van der Waals surface area contributed by atoms with Crippen LogP contribution in [0.15, 0.2) is 54.9 Å². The van der Waals surface area contributed by atoms with Crippen molar-refractivity contribution < 1.29 is 33.6 Å². The first-order valence-electron chi connectivity index (χ1n) is 14.1. The standard InChI is InChI=1S/C31H36N2O7/c1-19-6-12-25-20(2)28(37-29-31(25)24(19)14-15-30(3,38-29)39-40-31)33-27(35)18-36-23-10-8-22(9-11-23)26(34)13-7-21-5-4-16-32-17-21/h4-5,7-11,13,16-17,19-20,24-25,28-29H,6,12,14-15,18H2,1-3H3,(H,33,35)/b13-7-/t19-,20-,24+,25+,28-,29-,30+,31-/m1/s1. The number of carbonyl (C=O) groups is 2. The first-order chi connectivity index (χ1) is 19.3. The Balaban J connectivity index is 1.06. The van der Waals surface area contributed by atoms with Crippen LogP contribution in [0.25, 0.3) is 6.08 Å². The number of amides is 1. The second kappa shape index (κ2) is 10.7. The molecule has 1 N–H and O–H groups in total. The number of aromatic nitrogens is 1. The molecule has 0 unspecified atom stereocenters. The minimum absolute atomic E-state index is 0.00475. The van der Waals surface area contributed by atoms with Crippen LogP contribution in [0.5, 0.6) is 5.75 Å². The van der Waals surface area contributed by atoms with Crippen molar-refractivity contribution in [2.24, 2.45) is 23.7 Å². The number of hydrogen-bond acceptors (Lipinski definition) is 8. The summed E-state index contributed by atoms with van der Waals surface area (Å²) >= 11 is 0. The molecule has 40 heavy (non-hydrogen) atoms. The Bertz CT molecular complexity index is 1270. The van der Waals surface area contributed by atoms with E-state index in [9.17, 15) is 9.59 Å². The molecule has 1 aromatic heterocycles. The Morgan fingerprint density at radius 2 is 1.93 bits per heavy atom. The predicted molar refractivity (Wildman–Crippen MR) is 145 cm³/mol. The fourth-order valence-electron chi connectivity index (χ4n) is 6.88. The number of hydrogen-bond donors (Lipinski definition) is 1. The number of pyridine rings is 1. The summed E-state index contributed by atoms with van der Waals surface area (Å²) in [5.74, 6) is 0.0589. The van der Waals surface area contributed by atoms with Gasteiger partial charge in [-0.05, 0) is 86.1 Å². The number of allylic oxidation sites excluding steroid dienone is 1. The van der Waals surface area contributed by atoms with E-state index in [1.54, 1.807) is 42.7 Å². The highest BCUT2D eigenvalue weighted by atomic mass is 17.3. The van der Waals surface area contributed by atoms with Gasteiger partial charge in [-0.15, -0.1) is 0 Å². The molecule has 4 saturated heterocycles. The third-order valence-corrected chi connectivity index (χ3v) is 9.08. The van der Waals surface area contributed by atoms with Gasteiger partial charge in [0.2, 0.25) is 5.79 Å². The van der Waals surface area contributed by atoms with Crippen molar-refractivity contribution in [3.63, 3.8) is 0 Å². The molecule has 5 aliphatic rings. The average Bonchev–Trinajstić information content (AvgIpc) is 3.20. The number of nitrogens with one attached hydrogen (secondary N) is 1. The lowest BCUT2D eigenvalue weighted by Crippen LogP contribution is -2.72. The number of fused-ring (bicyclic) bond motifs is 2. The number of carbonyl (C=O) groups excluding carboxylic acids is 2. The summed E-state index contributed by atoms with van der Waals surface area (Å²) in [6.45, 7) is 6.07. The maximum atomic E-state index is 12.9. The molecule has 0 radical (unpaired) electrons. The van der Waals surface area contributed by atoms with Crippen molar-refractivity contribution in [2.45, 2.75) is 70.4 Å². The SMILES string of the molecule is C[C@H]1[C@H](NC(=O)COc2ccc(C(=O)/C=C\c3cccnc3)cc2)O[C@@H]2O[C@]3(C)CC[C@H]4[C@H](C)CC[C@@H]1[C@@]24OO3. The molecule has 5 heterocycles. The normalized spacial score (nSPS) is 36.5. The van der Waals surface area contributed by atoms with E-state index in [1.807, 2.05) is 19.1 Å². The van der Waals surface area contributed by atoms with Gasteiger partial charge in [-0.25, -0.2) is 9.78 Å². The highest BCUT2D eigenvalue weighted by Crippen LogP contribution is 2.60. The predicted octanol–water partition coefficient (Wildman–Crippen LogP) is 4.68. The third-order valence-electron chi connectivity index (χ3n) is 9.08. The van der Waals surface area contributed by atoms with Gasteiger partial charge in [0.05, 0.1) is 0 Å². The molecular formula is C31H36N2O7. The number of nitrogens with zero attached hydrogens (tertiary/aromatic N) is 1. The lowest BCUT2D eigenvalue weighted by molar-refractivity contribution is -0.571. The molecular weight excluding hydrogens is 512 g/mol. The number of ketones is 1. The minimum atomic E-state index is -0.863. The molecule has 1 spiro atoms. The van der Waals surface area contributed by atoms with Crippen molar-refractivity contribution in [2.75, 3.05) is 6.61 Å².